The second-order valence-corrected chi connectivity index (χ2v) is 6.71. The summed E-state index contributed by atoms with van der Waals surface area (Å²) in [6, 6.07) is 40.9. The highest BCUT2D eigenvalue weighted by Gasteiger charge is 2.03. The second kappa shape index (κ2) is 9.79. The first kappa shape index (κ1) is 19.1. The molecule has 0 aliphatic carbocycles. The largest absolute Gasteiger partial charge is 0.0622 e. The van der Waals surface area contributed by atoms with E-state index in [0.29, 0.717) is 0 Å². The summed E-state index contributed by atoms with van der Waals surface area (Å²) in [5.74, 6) is 0. The molecule has 0 nitrogen and oxygen atoms in total. The molecule has 0 spiro atoms. The van der Waals surface area contributed by atoms with Gasteiger partial charge in [-0.15, -0.1) is 0 Å². The lowest BCUT2D eigenvalue weighted by Gasteiger charge is -2.04. The summed E-state index contributed by atoms with van der Waals surface area (Å²) in [7, 11) is 0. The Hall–Kier alpha value is -4.26. The molecular formula is C30H20. The minimum atomic E-state index is 0.978. The van der Waals surface area contributed by atoms with Crippen LogP contribution in [0.2, 0.25) is 0 Å². The van der Waals surface area contributed by atoms with Gasteiger partial charge < -0.3 is 0 Å². The SMILES string of the molecule is C(=C=C=C(c1ccccc1)c1ccccc1)=C=C(c1ccccc1)c1ccccc1. The molecule has 4 aromatic rings. The van der Waals surface area contributed by atoms with Crippen molar-refractivity contribution in [1.82, 2.24) is 0 Å². The van der Waals surface area contributed by atoms with Crippen molar-refractivity contribution in [2.45, 2.75) is 0 Å². The average molecular weight is 380 g/mol. The van der Waals surface area contributed by atoms with E-state index in [2.05, 4.69) is 71.5 Å². The predicted molar refractivity (Wildman–Crippen MR) is 125 cm³/mol. The highest BCUT2D eigenvalue weighted by molar-refractivity contribution is 5.80. The van der Waals surface area contributed by atoms with Crippen LogP contribution in [0.25, 0.3) is 11.1 Å². The molecular weight excluding hydrogens is 360 g/mol. The molecule has 0 atom stereocenters. The lowest BCUT2D eigenvalue weighted by molar-refractivity contribution is 1.55. The smallest absolute Gasteiger partial charge is 0.0400 e. The van der Waals surface area contributed by atoms with Gasteiger partial charge in [0.1, 0.15) is 0 Å². The molecule has 0 saturated carbocycles. The Morgan fingerprint density at radius 1 is 0.333 bits per heavy atom. The van der Waals surface area contributed by atoms with Crippen LogP contribution in [0.4, 0.5) is 0 Å². The summed E-state index contributed by atoms with van der Waals surface area (Å²) in [5.41, 5.74) is 19.1. The van der Waals surface area contributed by atoms with Crippen LogP contribution in [0.3, 0.4) is 0 Å². The molecule has 0 bridgehead atoms. The van der Waals surface area contributed by atoms with Crippen LogP contribution in [-0.2, 0) is 0 Å². The molecule has 0 aliphatic rings. The van der Waals surface area contributed by atoms with Gasteiger partial charge in [-0.1, -0.05) is 133 Å². The van der Waals surface area contributed by atoms with Crippen LogP contribution in [0.5, 0.6) is 0 Å². The molecule has 30 heavy (non-hydrogen) atoms. The van der Waals surface area contributed by atoms with Gasteiger partial charge in [0, 0.05) is 11.1 Å². The molecule has 0 heteroatoms. The first-order chi connectivity index (χ1) is 14.9. The Morgan fingerprint density at radius 3 is 0.800 bits per heavy atom. The molecule has 4 aromatic carbocycles. The molecule has 0 unspecified atom stereocenters. The standard InChI is InChI=1S/C30H20/c1-5-15-25(16-6-1)29(26-17-7-2-8-18-26)23-13-14-24-30(27-19-9-3-10-20-27)28-21-11-4-12-22-28/h1-12,15-22H. The van der Waals surface area contributed by atoms with Gasteiger partial charge in [0.05, 0.1) is 0 Å². The molecule has 0 radical (unpaired) electrons. The summed E-state index contributed by atoms with van der Waals surface area (Å²) in [4.78, 5) is 0. The van der Waals surface area contributed by atoms with Crippen LogP contribution in [0, 0.1) is 0 Å². The number of hydrogen-bond acceptors (Lipinski definition) is 0. The van der Waals surface area contributed by atoms with E-state index >= 15 is 0 Å². The summed E-state index contributed by atoms with van der Waals surface area (Å²) in [6.45, 7) is 0. The molecule has 0 N–H and O–H groups in total. The average Bonchev–Trinajstić information content (AvgIpc) is 2.84. The predicted octanol–water partition coefficient (Wildman–Crippen LogP) is 7.31. The third-order valence-electron chi connectivity index (χ3n) is 4.69. The zero-order chi connectivity index (χ0) is 20.4. The maximum Gasteiger partial charge on any atom is 0.0400 e. The van der Waals surface area contributed by atoms with Gasteiger partial charge in [-0.05, 0) is 33.7 Å². The lowest BCUT2D eigenvalue weighted by Crippen LogP contribution is -1.85. The monoisotopic (exact) mass is 380 g/mol. The third-order valence-corrected chi connectivity index (χ3v) is 4.69. The maximum atomic E-state index is 3.29. The molecule has 0 aliphatic heterocycles. The fourth-order valence-electron chi connectivity index (χ4n) is 3.23. The van der Waals surface area contributed by atoms with E-state index in [9.17, 15) is 0 Å². The number of hydrogen-bond donors (Lipinski definition) is 0. The third kappa shape index (κ3) is 4.77. The highest BCUT2D eigenvalue weighted by atomic mass is 14.1. The van der Waals surface area contributed by atoms with Crippen molar-refractivity contribution >= 4 is 11.1 Å². The van der Waals surface area contributed by atoms with E-state index in [-0.39, 0.29) is 0 Å². The van der Waals surface area contributed by atoms with Crippen molar-refractivity contribution in [3.05, 3.63) is 167 Å². The summed E-state index contributed by atoms with van der Waals surface area (Å²) in [5, 5.41) is 0. The Balaban J connectivity index is 1.93. The highest BCUT2D eigenvalue weighted by Crippen LogP contribution is 2.22. The van der Waals surface area contributed by atoms with Crippen LogP contribution in [0.15, 0.2) is 144 Å². The van der Waals surface area contributed by atoms with Crippen molar-refractivity contribution < 1.29 is 0 Å². The van der Waals surface area contributed by atoms with Crippen molar-refractivity contribution in [3.63, 3.8) is 0 Å². The van der Waals surface area contributed by atoms with Crippen molar-refractivity contribution in [1.29, 1.82) is 0 Å². The fraction of sp³-hybridized carbons (Fsp3) is 0. The van der Waals surface area contributed by atoms with Gasteiger partial charge in [-0.25, -0.2) is 0 Å². The van der Waals surface area contributed by atoms with E-state index < -0.39 is 0 Å². The van der Waals surface area contributed by atoms with Gasteiger partial charge in [0.15, 0.2) is 0 Å². The zero-order valence-corrected chi connectivity index (χ0v) is 16.5. The van der Waals surface area contributed by atoms with Crippen LogP contribution >= 0.6 is 0 Å². The summed E-state index contributed by atoms with van der Waals surface area (Å²) in [6.07, 6.45) is 0. The molecule has 0 aromatic heterocycles. The Morgan fingerprint density at radius 2 is 0.567 bits per heavy atom. The van der Waals surface area contributed by atoms with Gasteiger partial charge in [-0.2, -0.15) is 0 Å². The van der Waals surface area contributed by atoms with Crippen LogP contribution in [0.1, 0.15) is 22.3 Å². The summed E-state index contributed by atoms with van der Waals surface area (Å²) >= 11 is 0. The molecule has 140 valence electrons. The van der Waals surface area contributed by atoms with Gasteiger partial charge in [0.2, 0.25) is 0 Å². The topological polar surface area (TPSA) is 0 Å². The maximum absolute atomic E-state index is 3.29. The number of benzene rings is 4. The molecule has 0 fully saturated rings. The van der Waals surface area contributed by atoms with E-state index in [1.807, 2.05) is 72.8 Å². The lowest BCUT2D eigenvalue weighted by atomic mass is 9.99. The summed E-state index contributed by atoms with van der Waals surface area (Å²) < 4.78 is 0. The van der Waals surface area contributed by atoms with Crippen LogP contribution in [-0.4, -0.2) is 0 Å². The van der Waals surface area contributed by atoms with Gasteiger partial charge in [0.25, 0.3) is 0 Å². The Kier molecular flexibility index (Phi) is 6.22. The zero-order valence-electron chi connectivity index (χ0n) is 16.5. The molecule has 4 rings (SSSR count). The van der Waals surface area contributed by atoms with Gasteiger partial charge >= 0.3 is 0 Å². The Labute approximate surface area is 177 Å². The second-order valence-electron chi connectivity index (χ2n) is 6.71. The van der Waals surface area contributed by atoms with E-state index in [1.54, 1.807) is 0 Å². The minimum Gasteiger partial charge on any atom is -0.0622 e. The normalized spacial score (nSPS) is 9.47. The van der Waals surface area contributed by atoms with E-state index in [4.69, 9.17) is 0 Å². The fourth-order valence-corrected chi connectivity index (χ4v) is 3.23. The Bertz CT molecular complexity index is 1080. The van der Waals surface area contributed by atoms with Gasteiger partial charge in [-0.3, -0.25) is 0 Å². The van der Waals surface area contributed by atoms with Crippen molar-refractivity contribution in [2.75, 3.05) is 0 Å². The van der Waals surface area contributed by atoms with E-state index in [0.717, 1.165) is 33.4 Å². The molecule has 0 heterocycles. The molecule has 0 amide bonds. The van der Waals surface area contributed by atoms with Crippen molar-refractivity contribution in [2.24, 2.45) is 0 Å². The number of rotatable bonds is 4. The molecule has 0 saturated heterocycles. The van der Waals surface area contributed by atoms with E-state index in [1.165, 1.54) is 0 Å². The minimum absolute atomic E-state index is 0.978. The van der Waals surface area contributed by atoms with Crippen molar-refractivity contribution in [3.8, 4) is 0 Å². The van der Waals surface area contributed by atoms with Crippen LogP contribution < -0.4 is 0 Å². The first-order valence-electron chi connectivity index (χ1n) is 9.89. The quantitative estimate of drug-likeness (QED) is 0.326. The first-order valence-corrected chi connectivity index (χ1v) is 9.89.